The fourth-order valence-electron chi connectivity index (χ4n) is 2.05. The Balaban J connectivity index is 1.98. The van der Waals surface area contributed by atoms with Crippen LogP contribution in [0, 0.1) is 0 Å². The van der Waals surface area contributed by atoms with E-state index in [0.29, 0.717) is 11.2 Å². The maximum atomic E-state index is 9.06. The first kappa shape index (κ1) is 11.8. The summed E-state index contributed by atoms with van der Waals surface area (Å²) in [6.07, 6.45) is 5.54. The largest absolute Gasteiger partial charge is 0.395 e. The molecule has 0 saturated heterocycles. The van der Waals surface area contributed by atoms with Gasteiger partial charge in [-0.1, -0.05) is 18.0 Å². The van der Waals surface area contributed by atoms with Gasteiger partial charge in [-0.05, 0) is 30.5 Å². The van der Waals surface area contributed by atoms with Crippen LogP contribution in [0.15, 0.2) is 18.3 Å². The quantitative estimate of drug-likeness (QED) is 0.801. The molecule has 1 aliphatic rings. The number of aliphatic hydroxyl groups is 1. The Morgan fingerprint density at radius 2 is 2.31 bits per heavy atom. The smallest absolute Gasteiger partial charge is 0.129 e. The van der Waals surface area contributed by atoms with Crippen LogP contribution < -0.4 is 0 Å². The number of hydrogen-bond acceptors (Lipinski definition) is 3. The lowest BCUT2D eigenvalue weighted by Gasteiger charge is -2.37. The van der Waals surface area contributed by atoms with Crippen LogP contribution in [-0.4, -0.2) is 34.2 Å². The fraction of sp³-hybridized carbons (Fsp3) is 0.583. The molecule has 1 N–H and O–H groups in total. The van der Waals surface area contributed by atoms with Crippen molar-refractivity contribution in [1.82, 2.24) is 9.88 Å². The highest BCUT2D eigenvalue weighted by atomic mass is 35.5. The summed E-state index contributed by atoms with van der Waals surface area (Å²) in [7, 11) is 0. The second-order valence-corrected chi connectivity index (χ2v) is 4.65. The number of hydrogen-bond donors (Lipinski definition) is 1. The molecule has 1 fully saturated rings. The SMILES string of the molecule is OCCN(Cc1ccnc(Cl)c1)C1CCC1. The number of rotatable bonds is 5. The molecule has 4 heteroatoms. The summed E-state index contributed by atoms with van der Waals surface area (Å²) >= 11 is 5.85. The van der Waals surface area contributed by atoms with Gasteiger partial charge in [0.15, 0.2) is 0 Å². The molecule has 1 aromatic rings. The standard InChI is InChI=1S/C12H17ClN2O/c13-12-8-10(4-5-14-12)9-15(6-7-16)11-2-1-3-11/h4-5,8,11,16H,1-3,6-7,9H2. The summed E-state index contributed by atoms with van der Waals surface area (Å²) in [5.74, 6) is 0. The molecule has 1 aliphatic carbocycles. The zero-order chi connectivity index (χ0) is 11.4. The van der Waals surface area contributed by atoms with Crippen molar-refractivity contribution in [3.05, 3.63) is 29.0 Å². The van der Waals surface area contributed by atoms with Gasteiger partial charge in [0, 0.05) is 25.3 Å². The summed E-state index contributed by atoms with van der Waals surface area (Å²) in [5.41, 5.74) is 1.17. The Morgan fingerprint density at radius 1 is 1.50 bits per heavy atom. The van der Waals surface area contributed by atoms with E-state index < -0.39 is 0 Å². The van der Waals surface area contributed by atoms with Crippen LogP contribution in [0.5, 0.6) is 0 Å². The highest BCUT2D eigenvalue weighted by Crippen LogP contribution is 2.26. The minimum atomic E-state index is 0.218. The number of pyridine rings is 1. The van der Waals surface area contributed by atoms with E-state index in [1.165, 1.54) is 24.8 Å². The molecule has 0 radical (unpaired) electrons. The van der Waals surface area contributed by atoms with Crippen LogP contribution in [0.1, 0.15) is 24.8 Å². The molecule has 0 aromatic carbocycles. The molecule has 88 valence electrons. The second-order valence-electron chi connectivity index (χ2n) is 4.27. The van der Waals surface area contributed by atoms with E-state index in [2.05, 4.69) is 9.88 Å². The van der Waals surface area contributed by atoms with Crippen molar-refractivity contribution < 1.29 is 5.11 Å². The molecule has 0 atom stereocenters. The summed E-state index contributed by atoms with van der Waals surface area (Å²) in [5, 5.41) is 9.59. The lowest BCUT2D eigenvalue weighted by molar-refractivity contribution is 0.0945. The predicted octanol–water partition coefficient (Wildman–Crippen LogP) is 2.08. The van der Waals surface area contributed by atoms with Crippen LogP contribution in [-0.2, 0) is 6.54 Å². The Bertz CT molecular complexity index is 342. The van der Waals surface area contributed by atoms with Gasteiger partial charge in [-0.3, -0.25) is 4.90 Å². The molecule has 0 unspecified atom stereocenters. The zero-order valence-electron chi connectivity index (χ0n) is 9.27. The molecule has 16 heavy (non-hydrogen) atoms. The Labute approximate surface area is 101 Å². The molecule has 0 aliphatic heterocycles. The van der Waals surface area contributed by atoms with Gasteiger partial charge < -0.3 is 5.11 Å². The number of aliphatic hydroxyl groups excluding tert-OH is 1. The van der Waals surface area contributed by atoms with Crippen molar-refractivity contribution in [3.8, 4) is 0 Å². The molecule has 0 spiro atoms. The first-order valence-electron chi connectivity index (χ1n) is 5.75. The normalized spacial score (nSPS) is 16.4. The molecule has 0 bridgehead atoms. The van der Waals surface area contributed by atoms with Crippen LogP contribution >= 0.6 is 11.6 Å². The lowest BCUT2D eigenvalue weighted by atomic mass is 9.91. The predicted molar refractivity (Wildman–Crippen MR) is 64.4 cm³/mol. The van der Waals surface area contributed by atoms with Gasteiger partial charge in [-0.25, -0.2) is 4.98 Å². The number of aromatic nitrogens is 1. The third-order valence-electron chi connectivity index (χ3n) is 3.15. The molecular weight excluding hydrogens is 224 g/mol. The van der Waals surface area contributed by atoms with Crippen LogP contribution in [0.3, 0.4) is 0 Å². The van der Waals surface area contributed by atoms with Crippen LogP contribution in [0.4, 0.5) is 0 Å². The van der Waals surface area contributed by atoms with E-state index in [9.17, 15) is 0 Å². The van der Waals surface area contributed by atoms with Crippen molar-refractivity contribution in [2.24, 2.45) is 0 Å². The lowest BCUT2D eigenvalue weighted by Crippen LogP contribution is -2.41. The van der Waals surface area contributed by atoms with Crippen molar-refractivity contribution >= 4 is 11.6 Å². The topological polar surface area (TPSA) is 36.4 Å². The summed E-state index contributed by atoms with van der Waals surface area (Å²) in [6, 6.07) is 4.51. The van der Waals surface area contributed by atoms with Crippen molar-refractivity contribution in [2.45, 2.75) is 31.8 Å². The van der Waals surface area contributed by atoms with E-state index >= 15 is 0 Å². The Kier molecular flexibility index (Phi) is 4.16. The molecule has 0 amide bonds. The maximum absolute atomic E-state index is 9.06. The minimum absolute atomic E-state index is 0.218. The highest BCUT2D eigenvalue weighted by molar-refractivity contribution is 6.29. The van der Waals surface area contributed by atoms with Gasteiger partial charge in [0.05, 0.1) is 6.61 Å². The summed E-state index contributed by atoms with van der Waals surface area (Å²) in [4.78, 5) is 6.30. The fourth-order valence-corrected chi connectivity index (χ4v) is 2.24. The van der Waals surface area contributed by atoms with E-state index in [-0.39, 0.29) is 6.61 Å². The average Bonchev–Trinajstić information content (AvgIpc) is 2.15. The van der Waals surface area contributed by atoms with E-state index in [1.54, 1.807) is 6.20 Å². The first-order valence-corrected chi connectivity index (χ1v) is 6.13. The third kappa shape index (κ3) is 2.94. The third-order valence-corrected chi connectivity index (χ3v) is 3.36. The Morgan fingerprint density at radius 3 is 2.88 bits per heavy atom. The summed E-state index contributed by atoms with van der Waals surface area (Å²) in [6.45, 7) is 1.81. The zero-order valence-corrected chi connectivity index (χ0v) is 10.0. The molecule has 1 heterocycles. The van der Waals surface area contributed by atoms with Gasteiger partial charge in [0.1, 0.15) is 5.15 Å². The van der Waals surface area contributed by atoms with Crippen molar-refractivity contribution in [3.63, 3.8) is 0 Å². The van der Waals surface area contributed by atoms with Crippen molar-refractivity contribution in [1.29, 1.82) is 0 Å². The van der Waals surface area contributed by atoms with Gasteiger partial charge in [-0.2, -0.15) is 0 Å². The first-order chi connectivity index (χ1) is 7.79. The maximum Gasteiger partial charge on any atom is 0.129 e. The average molecular weight is 241 g/mol. The molecule has 1 aromatic heterocycles. The van der Waals surface area contributed by atoms with E-state index in [0.717, 1.165) is 13.1 Å². The van der Waals surface area contributed by atoms with Gasteiger partial charge in [0.2, 0.25) is 0 Å². The highest BCUT2D eigenvalue weighted by Gasteiger charge is 2.24. The van der Waals surface area contributed by atoms with Crippen molar-refractivity contribution in [2.75, 3.05) is 13.2 Å². The van der Waals surface area contributed by atoms with Gasteiger partial charge in [-0.15, -0.1) is 0 Å². The monoisotopic (exact) mass is 240 g/mol. The summed E-state index contributed by atoms with van der Waals surface area (Å²) < 4.78 is 0. The van der Waals surface area contributed by atoms with Crippen LogP contribution in [0.25, 0.3) is 0 Å². The van der Waals surface area contributed by atoms with Crippen LogP contribution in [0.2, 0.25) is 5.15 Å². The molecular formula is C12H17ClN2O. The second kappa shape index (κ2) is 5.62. The minimum Gasteiger partial charge on any atom is -0.395 e. The number of nitrogens with zero attached hydrogens (tertiary/aromatic N) is 2. The van der Waals surface area contributed by atoms with Gasteiger partial charge >= 0.3 is 0 Å². The number of halogens is 1. The molecule has 2 rings (SSSR count). The van der Waals surface area contributed by atoms with E-state index in [1.807, 2.05) is 12.1 Å². The molecule has 3 nitrogen and oxygen atoms in total. The van der Waals surface area contributed by atoms with E-state index in [4.69, 9.17) is 16.7 Å². The van der Waals surface area contributed by atoms with Gasteiger partial charge in [0.25, 0.3) is 0 Å². The molecule has 1 saturated carbocycles. The Hall–Kier alpha value is -0.640.